The molecule has 2 aromatic heterocycles. The maximum absolute atomic E-state index is 4.56. The fourth-order valence-corrected chi connectivity index (χ4v) is 4.17. The van der Waals surface area contributed by atoms with Gasteiger partial charge in [0, 0.05) is 56.0 Å². The van der Waals surface area contributed by atoms with E-state index in [9.17, 15) is 0 Å². The summed E-state index contributed by atoms with van der Waals surface area (Å²) < 4.78 is 0. The molecule has 0 aliphatic carbocycles. The monoisotopic (exact) mass is 404 g/mol. The van der Waals surface area contributed by atoms with Gasteiger partial charge in [-0.3, -0.25) is 4.99 Å². The van der Waals surface area contributed by atoms with Crippen molar-refractivity contribution in [2.45, 2.75) is 39.2 Å². The minimum absolute atomic E-state index is 0.439. The van der Waals surface area contributed by atoms with Crippen LogP contribution < -0.4 is 15.5 Å². The molecule has 0 bridgehead atoms. The summed E-state index contributed by atoms with van der Waals surface area (Å²) in [5.41, 5.74) is 5.07. The van der Waals surface area contributed by atoms with Gasteiger partial charge in [0.1, 0.15) is 5.82 Å². The average molecular weight is 405 g/mol. The number of guanidine groups is 1. The molecule has 3 aromatic rings. The summed E-state index contributed by atoms with van der Waals surface area (Å²) >= 11 is 0. The molecule has 30 heavy (non-hydrogen) atoms. The number of pyridine rings is 1. The molecule has 3 heterocycles. The first-order chi connectivity index (χ1) is 14.6. The fourth-order valence-electron chi connectivity index (χ4n) is 4.17. The third kappa shape index (κ3) is 4.58. The van der Waals surface area contributed by atoms with Gasteiger partial charge in [-0.1, -0.05) is 24.3 Å². The molecule has 4 rings (SSSR count). The van der Waals surface area contributed by atoms with Crippen LogP contribution in [0.5, 0.6) is 0 Å². The van der Waals surface area contributed by atoms with Crippen molar-refractivity contribution in [3.05, 3.63) is 59.4 Å². The van der Waals surface area contributed by atoms with E-state index in [-0.39, 0.29) is 0 Å². The van der Waals surface area contributed by atoms with Gasteiger partial charge >= 0.3 is 0 Å². The number of benzene rings is 1. The Balaban J connectivity index is 1.25. The molecular formula is C24H32N6. The van der Waals surface area contributed by atoms with E-state index in [1.165, 1.54) is 27.6 Å². The summed E-state index contributed by atoms with van der Waals surface area (Å²) in [5, 5.41) is 8.40. The SMILES string of the molecule is CN=C(NCCc1c[nH]c2c(C)cccc12)NC1CCN(c2ccc(C)cn2)CC1. The number of rotatable bonds is 5. The molecule has 6 nitrogen and oxygen atoms in total. The molecule has 6 heteroatoms. The van der Waals surface area contributed by atoms with E-state index in [4.69, 9.17) is 0 Å². The first-order valence-electron chi connectivity index (χ1n) is 10.8. The number of aryl methyl sites for hydroxylation is 2. The molecule has 1 saturated heterocycles. The summed E-state index contributed by atoms with van der Waals surface area (Å²) in [6, 6.07) is 11.2. The minimum Gasteiger partial charge on any atom is -0.361 e. The Morgan fingerprint density at radius 2 is 2.03 bits per heavy atom. The Hall–Kier alpha value is -3.02. The van der Waals surface area contributed by atoms with Crippen LogP contribution in [0.2, 0.25) is 0 Å². The van der Waals surface area contributed by atoms with E-state index < -0.39 is 0 Å². The number of aromatic nitrogens is 2. The van der Waals surface area contributed by atoms with Crippen LogP contribution in [0.1, 0.15) is 29.5 Å². The van der Waals surface area contributed by atoms with Gasteiger partial charge in [-0.2, -0.15) is 0 Å². The van der Waals surface area contributed by atoms with Gasteiger partial charge in [0.2, 0.25) is 0 Å². The fraction of sp³-hybridized carbons (Fsp3) is 0.417. The first-order valence-corrected chi connectivity index (χ1v) is 10.8. The lowest BCUT2D eigenvalue weighted by atomic mass is 10.1. The molecule has 0 unspecified atom stereocenters. The summed E-state index contributed by atoms with van der Waals surface area (Å²) in [7, 11) is 1.84. The third-order valence-electron chi connectivity index (χ3n) is 5.98. The molecule has 1 aliphatic rings. The topological polar surface area (TPSA) is 68.3 Å². The van der Waals surface area contributed by atoms with Gasteiger partial charge in [-0.15, -0.1) is 0 Å². The van der Waals surface area contributed by atoms with E-state index in [0.717, 1.165) is 50.7 Å². The van der Waals surface area contributed by atoms with Gasteiger partial charge in [-0.05, 0) is 55.9 Å². The molecule has 0 atom stereocenters. The molecule has 1 aliphatic heterocycles. The van der Waals surface area contributed by atoms with Crippen LogP contribution >= 0.6 is 0 Å². The Kier molecular flexibility index (Phi) is 6.21. The van der Waals surface area contributed by atoms with Crippen LogP contribution in [0.25, 0.3) is 10.9 Å². The summed E-state index contributed by atoms with van der Waals surface area (Å²) in [6.07, 6.45) is 7.20. The number of hydrogen-bond donors (Lipinski definition) is 3. The summed E-state index contributed by atoms with van der Waals surface area (Å²) in [4.78, 5) is 14.8. The lowest BCUT2D eigenvalue weighted by molar-refractivity contribution is 0.459. The second-order valence-electron chi connectivity index (χ2n) is 8.16. The molecule has 0 spiro atoms. The number of nitrogens with zero attached hydrogens (tertiary/aromatic N) is 3. The molecule has 1 fully saturated rings. The second-order valence-corrected chi connectivity index (χ2v) is 8.16. The standard InChI is InChI=1S/C24H32N6/c1-17-7-8-22(27-15-17)30-13-10-20(11-14-30)29-24(25-3)26-12-9-19-16-28-23-18(2)5-4-6-21(19)23/h4-8,15-16,20,28H,9-14H2,1-3H3,(H2,25,26,29). The smallest absolute Gasteiger partial charge is 0.191 e. The summed E-state index contributed by atoms with van der Waals surface area (Å²) in [5.74, 6) is 1.97. The zero-order valence-corrected chi connectivity index (χ0v) is 18.2. The maximum Gasteiger partial charge on any atom is 0.191 e. The molecule has 1 aromatic carbocycles. The molecule has 3 N–H and O–H groups in total. The van der Waals surface area contributed by atoms with E-state index in [1.807, 2.05) is 13.2 Å². The third-order valence-corrected chi connectivity index (χ3v) is 5.98. The van der Waals surface area contributed by atoms with E-state index >= 15 is 0 Å². The Morgan fingerprint density at radius 1 is 1.20 bits per heavy atom. The van der Waals surface area contributed by atoms with Crippen molar-refractivity contribution in [2.75, 3.05) is 31.6 Å². The predicted molar refractivity (Wildman–Crippen MR) is 125 cm³/mol. The number of fused-ring (bicyclic) bond motifs is 1. The molecule has 0 amide bonds. The number of para-hydroxylation sites is 1. The summed E-state index contributed by atoms with van der Waals surface area (Å²) in [6.45, 7) is 7.10. The molecular weight excluding hydrogens is 372 g/mol. The quantitative estimate of drug-likeness (QED) is 0.449. The van der Waals surface area contributed by atoms with Crippen molar-refractivity contribution in [2.24, 2.45) is 4.99 Å². The Labute approximate surface area is 178 Å². The van der Waals surface area contributed by atoms with Gasteiger partial charge in [-0.25, -0.2) is 4.98 Å². The molecule has 158 valence electrons. The molecule has 0 radical (unpaired) electrons. The lowest BCUT2D eigenvalue weighted by Crippen LogP contribution is -2.49. The largest absolute Gasteiger partial charge is 0.361 e. The molecule has 0 saturated carbocycles. The van der Waals surface area contributed by atoms with Crippen molar-refractivity contribution in [3.8, 4) is 0 Å². The van der Waals surface area contributed by atoms with Gasteiger partial charge in [0.05, 0.1) is 0 Å². The highest BCUT2D eigenvalue weighted by Gasteiger charge is 2.20. The minimum atomic E-state index is 0.439. The number of anilines is 1. The van der Waals surface area contributed by atoms with Crippen LogP contribution in [0.4, 0.5) is 5.82 Å². The van der Waals surface area contributed by atoms with Crippen molar-refractivity contribution in [1.82, 2.24) is 20.6 Å². The van der Waals surface area contributed by atoms with Crippen molar-refractivity contribution in [3.63, 3.8) is 0 Å². The Morgan fingerprint density at radius 3 is 2.77 bits per heavy atom. The lowest BCUT2D eigenvalue weighted by Gasteiger charge is -2.33. The normalized spacial score (nSPS) is 15.6. The van der Waals surface area contributed by atoms with E-state index in [1.54, 1.807) is 0 Å². The highest BCUT2D eigenvalue weighted by molar-refractivity contribution is 5.86. The van der Waals surface area contributed by atoms with Crippen LogP contribution in [0.3, 0.4) is 0 Å². The van der Waals surface area contributed by atoms with E-state index in [0.29, 0.717) is 6.04 Å². The number of aromatic amines is 1. The van der Waals surface area contributed by atoms with Crippen LogP contribution in [-0.4, -0.2) is 48.7 Å². The van der Waals surface area contributed by atoms with Crippen LogP contribution in [-0.2, 0) is 6.42 Å². The first kappa shape index (κ1) is 20.3. The highest BCUT2D eigenvalue weighted by Crippen LogP contribution is 2.21. The van der Waals surface area contributed by atoms with Gasteiger partial charge in [0.15, 0.2) is 5.96 Å². The van der Waals surface area contributed by atoms with Crippen LogP contribution in [0, 0.1) is 13.8 Å². The predicted octanol–water partition coefficient (Wildman–Crippen LogP) is 3.56. The highest BCUT2D eigenvalue weighted by atomic mass is 15.2. The number of hydrogen-bond acceptors (Lipinski definition) is 3. The van der Waals surface area contributed by atoms with Gasteiger partial charge < -0.3 is 20.5 Å². The number of H-pyrrole nitrogens is 1. The average Bonchev–Trinajstić information content (AvgIpc) is 3.18. The number of aliphatic imine (C=N–C) groups is 1. The van der Waals surface area contributed by atoms with Crippen LogP contribution in [0.15, 0.2) is 47.7 Å². The van der Waals surface area contributed by atoms with Crippen molar-refractivity contribution < 1.29 is 0 Å². The van der Waals surface area contributed by atoms with Gasteiger partial charge in [0.25, 0.3) is 0 Å². The van der Waals surface area contributed by atoms with Crippen molar-refractivity contribution >= 4 is 22.7 Å². The zero-order valence-electron chi connectivity index (χ0n) is 18.2. The second kappa shape index (κ2) is 9.20. The zero-order chi connectivity index (χ0) is 20.9. The van der Waals surface area contributed by atoms with E-state index in [2.05, 4.69) is 80.9 Å². The maximum atomic E-state index is 4.56. The Bertz CT molecular complexity index is 996. The number of nitrogens with one attached hydrogen (secondary N) is 3. The number of piperidine rings is 1. The van der Waals surface area contributed by atoms with Crippen molar-refractivity contribution in [1.29, 1.82) is 0 Å².